The van der Waals surface area contributed by atoms with E-state index in [1.807, 2.05) is 0 Å². The molecule has 0 amide bonds. The molecule has 0 spiro atoms. The van der Waals surface area contributed by atoms with Gasteiger partial charge in [0.2, 0.25) is 0 Å². The maximum Gasteiger partial charge on any atom is 0.126 e. The molecule has 0 aromatic rings. The number of quaternary nitrogens is 1. The molecule has 1 aliphatic heterocycles. The van der Waals surface area contributed by atoms with Gasteiger partial charge in [0.05, 0.1) is 159 Å². The fraction of sp³-hybridized carbons (Fsp3) is 1.00. The third-order valence-corrected chi connectivity index (χ3v) is 11.0. The Morgan fingerprint density at radius 3 is 1.46 bits per heavy atom. The summed E-state index contributed by atoms with van der Waals surface area (Å²) in [5.41, 5.74) is 0. The van der Waals surface area contributed by atoms with Gasteiger partial charge in [0.25, 0.3) is 0 Å². The maximum absolute atomic E-state index is 10.8. The van der Waals surface area contributed by atoms with Crippen LogP contribution < -0.4 is 12.4 Å². The molecule has 11 unspecified atom stereocenters. The minimum absolute atomic E-state index is 0. The quantitative estimate of drug-likeness (QED) is 0.0202. The van der Waals surface area contributed by atoms with Crippen molar-refractivity contribution < 1.29 is 120 Å². The molecule has 0 aromatic heterocycles. The Bertz CT molecular complexity index is 1130. The highest BCUT2D eigenvalue weighted by molar-refractivity contribution is 4.70. The molecule has 1 rings (SSSR count). The Labute approximate surface area is 423 Å². The first-order valence-corrected chi connectivity index (χ1v) is 25.1. The van der Waals surface area contributed by atoms with E-state index in [2.05, 4.69) is 21.0 Å². The molecule has 1 aliphatic rings. The highest BCUT2D eigenvalue weighted by Gasteiger charge is 2.26. The fourth-order valence-electron chi connectivity index (χ4n) is 7.14. The van der Waals surface area contributed by atoms with Crippen molar-refractivity contribution >= 4 is 0 Å². The Hall–Kier alpha value is -0.590. The van der Waals surface area contributed by atoms with Crippen LogP contribution in [0.3, 0.4) is 0 Å². The molecule has 23 heteroatoms. The molecule has 0 aromatic carbocycles. The average Bonchev–Trinajstić information content (AvgIpc) is 3.33. The smallest absolute Gasteiger partial charge is 0.126 e. The summed E-state index contributed by atoms with van der Waals surface area (Å²) in [6.07, 6.45) is 3.34. The maximum atomic E-state index is 10.8. The van der Waals surface area contributed by atoms with Crippen molar-refractivity contribution in [2.24, 2.45) is 0 Å². The Balaban J connectivity index is 0.0000476. The number of aliphatic hydroxyl groups excluding tert-OH is 10. The zero-order valence-corrected chi connectivity index (χ0v) is 43.2. The molecule has 0 saturated carbocycles. The van der Waals surface area contributed by atoms with Gasteiger partial charge in [0, 0.05) is 0 Å². The predicted molar refractivity (Wildman–Crippen MR) is 252 cm³/mol. The summed E-state index contributed by atoms with van der Waals surface area (Å²) in [7, 11) is 4.18. The van der Waals surface area contributed by atoms with Crippen molar-refractivity contribution in [3.8, 4) is 0 Å². The van der Waals surface area contributed by atoms with E-state index >= 15 is 0 Å². The second-order valence-corrected chi connectivity index (χ2v) is 18.6. The molecular formula is C47H96ClNO21. The topological polar surface area (TPSA) is 304 Å². The van der Waals surface area contributed by atoms with Crippen LogP contribution >= 0.6 is 0 Å². The van der Waals surface area contributed by atoms with E-state index in [0.29, 0.717) is 11.0 Å². The SMILES string of the molecule is CCCCCCCCCCCC[N+](C)(C)CC(O)COCC(O)COC(COCC(CO)OCC(O)CO)COCC(COCC(O)COCC(O)CO)OC(CO)COCC1COCC(CO)O1.[Cl-]. The van der Waals surface area contributed by atoms with Crippen LogP contribution in [0.15, 0.2) is 0 Å². The molecule has 11 atom stereocenters. The second kappa shape index (κ2) is 45.8. The number of unbranched alkanes of at least 4 members (excludes halogenated alkanes) is 9. The summed E-state index contributed by atoms with van der Waals surface area (Å²) in [6, 6.07) is 0. The number of rotatable bonds is 50. The molecule has 1 heterocycles. The second-order valence-electron chi connectivity index (χ2n) is 18.6. The molecule has 422 valence electrons. The summed E-state index contributed by atoms with van der Waals surface area (Å²) in [5.74, 6) is 0. The van der Waals surface area contributed by atoms with Crippen LogP contribution in [0.5, 0.6) is 0 Å². The third-order valence-electron chi connectivity index (χ3n) is 11.0. The van der Waals surface area contributed by atoms with Gasteiger partial charge in [-0.05, 0) is 12.8 Å². The van der Waals surface area contributed by atoms with Crippen LogP contribution in [0.4, 0.5) is 0 Å². The molecule has 1 fully saturated rings. The lowest BCUT2D eigenvalue weighted by Gasteiger charge is -2.32. The van der Waals surface area contributed by atoms with Crippen molar-refractivity contribution in [3.05, 3.63) is 0 Å². The summed E-state index contributed by atoms with van der Waals surface area (Å²) in [4.78, 5) is 0. The molecule has 10 N–H and O–H groups in total. The zero-order valence-electron chi connectivity index (χ0n) is 42.5. The number of hydrogen-bond donors (Lipinski definition) is 10. The number of aliphatic hydroxyl groups is 10. The van der Waals surface area contributed by atoms with Crippen LogP contribution in [0.2, 0.25) is 0 Å². The van der Waals surface area contributed by atoms with Crippen LogP contribution in [0, 0.1) is 0 Å². The number of ether oxygens (including phenoxy) is 11. The van der Waals surface area contributed by atoms with Crippen molar-refractivity contribution in [1.29, 1.82) is 0 Å². The molecule has 1 saturated heterocycles. The first-order chi connectivity index (χ1) is 33.3. The Morgan fingerprint density at radius 1 is 0.457 bits per heavy atom. The lowest BCUT2D eigenvalue weighted by molar-refractivity contribution is -0.893. The van der Waals surface area contributed by atoms with Gasteiger partial charge in [-0.3, -0.25) is 0 Å². The van der Waals surface area contributed by atoms with E-state index in [1.54, 1.807) is 0 Å². The normalized spacial score (nSPS) is 19.5. The number of halogens is 1. The lowest BCUT2D eigenvalue weighted by Crippen LogP contribution is -3.00. The van der Waals surface area contributed by atoms with Gasteiger partial charge in [-0.15, -0.1) is 0 Å². The summed E-state index contributed by atoms with van der Waals surface area (Å²) in [5, 5.41) is 98.5. The average molecular weight is 1050 g/mol. The Morgan fingerprint density at radius 2 is 0.886 bits per heavy atom. The zero-order chi connectivity index (χ0) is 51.0. The minimum Gasteiger partial charge on any atom is -1.00 e. The van der Waals surface area contributed by atoms with Gasteiger partial charge in [-0.2, -0.15) is 0 Å². The number of hydrogen-bond acceptors (Lipinski definition) is 21. The van der Waals surface area contributed by atoms with Crippen molar-refractivity contribution in [2.75, 3.05) is 166 Å². The van der Waals surface area contributed by atoms with Crippen molar-refractivity contribution in [2.45, 2.75) is 138 Å². The molecule has 0 aliphatic carbocycles. The molecule has 70 heavy (non-hydrogen) atoms. The van der Waals surface area contributed by atoms with E-state index in [1.165, 1.54) is 57.8 Å². The van der Waals surface area contributed by atoms with Gasteiger partial charge in [0.1, 0.15) is 73.7 Å². The van der Waals surface area contributed by atoms with Gasteiger partial charge < -0.3 is 120 Å². The summed E-state index contributed by atoms with van der Waals surface area (Å²) >= 11 is 0. The third kappa shape index (κ3) is 38.9. The van der Waals surface area contributed by atoms with E-state index in [-0.39, 0.29) is 125 Å². The van der Waals surface area contributed by atoms with Crippen LogP contribution in [-0.4, -0.2) is 289 Å². The fourth-order valence-corrected chi connectivity index (χ4v) is 7.14. The predicted octanol–water partition coefficient (Wildman–Crippen LogP) is -4.84. The van der Waals surface area contributed by atoms with Crippen molar-refractivity contribution in [1.82, 2.24) is 0 Å². The highest BCUT2D eigenvalue weighted by atomic mass is 35.5. The first-order valence-electron chi connectivity index (χ1n) is 25.1. The monoisotopic (exact) mass is 1050 g/mol. The minimum atomic E-state index is -1.13. The van der Waals surface area contributed by atoms with Gasteiger partial charge >= 0.3 is 0 Å². The summed E-state index contributed by atoms with van der Waals surface area (Å²) < 4.78 is 63.5. The largest absolute Gasteiger partial charge is 1.00 e. The highest BCUT2D eigenvalue weighted by Crippen LogP contribution is 2.14. The van der Waals surface area contributed by atoms with Crippen molar-refractivity contribution in [3.63, 3.8) is 0 Å². The first kappa shape index (κ1) is 69.4. The molecular weight excluding hydrogens is 950 g/mol. The van der Waals surface area contributed by atoms with Gasteiger partial charge in [0.15, 0.2) is 0 Å². The van der Waals surface area contributed by atoms with Gasteiger partial charge in [-0.25, -0.2) is 0 Å². The van der Waals surface area contributed by atoms with E-state index in [4.69, 9.17) is 62.3 Å². The standard InChI is InChI=1S/C47H96NO21.ClH/c1-4-5-6-7-8-9-10-11-12-13-14-48(2,3)15-37(54)21-59-25-41(58)27-67-45(31-62-28-42(18-51)66-26-39(56)17-50)32-65-36-46(33-61-24-40(57)23-60-22-38(55)16-49)68-43(19-52)29-63-34-47-35-64-30-44(20-53)69-47;/h37-47,49-58H,4-36H2,1-3H3;1H/q+1;/p-1. The van der Waals surface area contributed by atoms with Crippen LogP contribution in [-0.2, 0) is 52.1 Å². The van der Waals surface area contributed by atoms with E-state index in [9.17, 15) is 40.9 Å². The molecule has 0 bridgehead atoms. The molecule has 22 nitrogen and oxygen atoms in total. The van der Waals surface area contributed by atoms with Crippen LogP contribution in [0.1, 0.15) is 71.1 Å². The summed E-state index contributed by atoms with van der Waals surface area (Å²) in [6.45, 7) is 0.699. The van der Waals surface area contributed by atoms with E-state index < -0.39 is 93.6 Å². The Kier molecular flexibility index (Phi) is 45.4. The number of likely N-dealkylation sites (N-methyl/N-ethyl adjacent to an activating group) is 1. The lowest BCUT2D eigenvalue weighted by atomic mass is 10.1. The number of nitrogens with zero attached hydrogens (tertiary/aromatic N) is 1. The van der Waals surface area contributed by atoms with E-state index in [0.717, 1.165) is 13.0 Å². The van der Waals surface area contributed by atoms with Gasteiger partial charge in [-0.1, -0.05) is 58.3 Å². The molecule has 0 radical (unpaired) electrons. The van der Waals surface area contributed by atoms with Crippen LogP contribution in [0.25, 0.3) is 0 Å².